The summed E-state index contributed by atoms with van der Waals surface area (Å²) in [5, 5.41) is 3.10. The van der Waals surface area contributed by atoms with E-state index in [1.807, 2.05) is 11.8 Å². The summed E-state index contributed by atoms with van der Waals surface area (Å²) >= 11 is 0. The molecular formula is C25H31F4N3O3S. The van der Waals surface area contributed by atoms with Crippen molar-refractivity contribution in [2.75, 3.05) is 31.3 Å². The maximum Gasteiger partial charge on any atom is 0.390 e. The molecule has 0 aromatic heterocycles. The highest BCUT2D eigenvalue weighted by Gasteiger charge is 2.65. The van der Waals surface area contributed by atoms with Crippen molar-refractivity contribution in [2.45, 2.75) is 68.0 Å². The number of piperidine rings is 1. The number of fused-ring (bicyclic) bond motifs is 3. The minimum absolute atomic E-state index is 0.0191. The van der Waals surface area contributed by atoms with Crippen molar-refractivity contribution in [2.24, 2.45) is 16.8 Å². The van der Waals surface area contributed by atoms with Crippen LogP contribution in [0.25, 0.3) is 0 Å². The van der Waals surface area contributed by atoms with E-state index in [-0.39, 0.29) is 42.3 Å². The van der Waals surface area contributed by atoms with Crippen LogP contribution < -0.4 is 5.32 Å². The molecule has 3 heterocycles. The van der Waals surface area contributed by atoms with Crippen LogP contribution in [0.4, 0.5) is 23.2 Å². The molecule has 36 heavy (non-hydrogen) atoms. The Hall–Kier alpha value is -1.82. The van der Waals surface area contributed by atoms with Crippen molar-refractivity contribution < 1.29 is 31.2 Å². The lowest BCUT2D eigenvalue weighted by Crippen LogP contribution is -2.59. The van der Waals surface area contributed by atoms with Gasteiger partial charge in [-0.25, -0.2) is 9.38 Å². The highest BCUT2D eigenvalue weighted by Crippen LogP contribution is 2.60. The number of morpholine rings is 1. The molecule has 198 valence electrons. The third-order valence-electron chi connectivity index (χ3n) is 8.05. The number of hydrogen-bond donors (Lipinski definition) is 1. The van der Waals surface area contributed by atoms with Gasteiger partial charge in [0.05, 0.1) is 31.4 Å². The first-order valence-electron chi connectivity index (χ1n) is 12.3. The lowest BCUT2D eigenvalue weighted by atomic mass is 9.90. The smallest absolute Gasteiger partial charge is 0.378 e. The van der Waals surface area contributed by atoms with Crippen LogP contribution in [0.5, 0.6) is 0 Å². The monoisotopic (exact) mass is 529 g/mol. The highest BCUT2D eigenvalue weighted by atomic mass is 32.2. The van der Waals surface area contributed by atoms with Gasteiger partial charge in [-0.2, -0.15) is 13.2 Å². The van der Waals surface area contributed by atoms with Gasteiger partial charge in [0.2, 0.25) is 0 Å². The van der Waals surface area contributed by atoms with E-state index in [9.17, 15) is 21.8 Å². The van der Waals surface area contributed by atoms with Crippen LogP contribution in [0.3, 0.4) is 0 Å². The zero-order chi connectivity index (χ0) is 25.8. The molecule has 4 aliphatic rings. The van der Waals surface area contributed by atoms with Crippen molar-refractivity contribution in [3.63, 3.8) is 0 Å². The first-order valence-corrected chi connectivity index (χ1v) is 13.8. The fraction of sp³-hybridized carbons (Fsp3) is 0.640. The molecular weight excluding hydrogens is 498 g/mol. The lowest BCUT2D eigenvalue weighted by molar-refractivity contribution is -0.166. The van der Waals surface area contributed by atoms with Crippen LogP contribution in [0.2, 0.25) is 0 Å². The van der Waals surface area contributed by atoms with Gasteiger partial charge in [0.25, 0.3) is 0 Å². The molecule has 0 amide bonds. The number of alkyl halides is 3. The van der Waals surface area contributed by atoms with Gasteiger partial charge in [0.1, 0.15) is 17.3 Å². The van der Waals surface area contributed by atoms with Crippen LogP contribution in [0.1, 0.15) is 33.1 Å². The normalized spacial score (nSPS) is 34.9. The molecule has 2 saturated heterocycles. The zero-order valence-corrected chi connectivity index (χ0v) is 21.3. The maximum absolute atomic E-state index is 14.7. The van der Waals surface area contributed by atoms with Gasteiger partial charge >= 0.3 is 6.18 Å². The Morgan fingerprint density at radius 2 is 1.92 bits per heavy atom. The third kappa shape index (κ3) is 4.75. The summed E-state index contributed by atoms with van der Waals surface area (Å²) in [7, 11) is -1.28. The van der Waals surface area contributed by atoms with Gasteiger partial charge in [0.15, 0.2) is 0 Å². The van der Waals surface area contributed by atoms with Crippen LogP contribution in [-0.4, -0.2) is 70.9 Å². The summed E-state index contributed by atoms with van der Waals surface area (Å²) in [6, 6.07) is 4.22. The number of aliphatic imine (C=N–C) groups is 1. The number of rotatable bonds is 6. The van der Waals surface area contributed by atoms with E-state index in [1.54, 1.807) is 18.3 Å². The van der Waals surface area contributed by atoms with Gasteiger partial charge < -0.3 is 14.8 Å². The van der Waals surface area contributed by atoms with Gasteiger partial charge in [-0.05, 0) is 36.6 Å². The fourth-order valence-electron chi connectivity index (χ4n) is 6.06. The SMILES string of the molecule is CC1C2=CN=C(Nc3ccc(S(C)=O)cc3F)C(C)C21OC1CC2COCC(C1)N2CCC(F)(F)F. The third-order valence-corrected chi connectivity index (χ3v) is 8.97. The van der Waals surface area contributed by atoms with Gasteiger partial charge in [0, 0.05) is 58.6 Å². The minimum atomic E-state index is -4.18. The van der Waals surface area contributed by atoms with E-state index < -0.39 is 34.8 Å². The van der Waals surface area contributed by atoms with E-state index in [2.05, 4.69) is 17.2 Å². The molecule has 1 aromatic rings. The topological polar surface area (TPSA) is 63.2 Å². The second kappa shape index (κ2) is 9.49. The molecule has 6 nitrogen and oxygen atoms in total. The molecule has 2 bridgehead atoms. The van der Waals surface area contributed by atoms with Crippen LogP contribution in [0.15, 0.2) is 39.9 Å². The molecule has 11 heteroatoms. The maximum atomic E-state index is 14.7. The standard InChI is InChI=1S/C25H31F4N3O3S/c1-14-20-11-30-23(31-22-5-4-19(36(3)33)10-21(22)26)15(2)25(14,20)35-18-8-16-12-34-13-17(9-18)32(16)7-6-24(27,28)29/h4-5,10-11,14-18H,6-9,12-13H2,1-3H3,(H,30,31). The molecule has 1 aromatic carbocycles. The number of halogens is 4. The number of nitrogens with one attached hydrogen (secondary N) is 1. The minimum Gasteiger partial charge on any atom is -0.378 e. The first-order chi connectivity index (χ1) is 17.0. The second-order valence-electron chi connectivity index (χ2n) is 10.2. The summed E-state index contributed by atoms with van der Waals surface area (Å²) in [4.78, 5) is 6.88. The van der Waals surface area contributed by atoms with Gasteiger partial charge in [-0.15, -0.1) is 0 Å². The van der Waals surface area contributed by atoms with Crippen molar-refractivity contribution in [3.05, 3.63) is 35.8 Å². The van der Waals surface area contributed by atoms with Crippen molar-refractivity contribution in [1.29, 1.82) is 0 Å². The number of ether oxygens (including phenoxy) is 2. The number of nitrogens with zero attached hydrogens (tertiary/aromatic N) is 2. The van der Waals surface area contributed by atoms with E-state index in [4.69, 9.17) is 9.47 Å². The largest absolute Gasteiger partial charge is 0.390 e. The van der Waals surface area contributed by atoms with Crippen molar-refractivity contribution in [1.82, 2.24) is 4.90 Å². The Labute approximate surface area is 210 Å². The Morgan fingerprint density at radius 1 is 1.22 bits per heavy atom. The number of amidine groups is 1. The zero-order valence-electron chi connectivity index (χ0n) is 20.5. The Morgan fingerprint density at radius 3 is 2.53 bits per heavy atom. The molecule has 5 rings (SSSR count). The van der Waals surface area contributed by atoms with Crippen LogP contribution in [-0.2, 0) is 20.3 Å². The van der Waals surface area contributed by atoms with Crippen molar-refractivity contribution in [3.8, 4) is 0 Å². The number of benzene rings is 1. The van der Waals surface area contributed by atoms with Crippen LogP contribution in [0, 0.1) is 17.7 Å². The molecule has 1 saturated carbocycles. The second-order valence-corrected chi connectivity index (χ2v) is 11.6. The number of hydrogen-bond acceptors (Lipinski definition) is 6. The summed E-state index contributed by atoms with van der Waals surface area (Å²) in [6.45, 7) is 4.87. The average Bonchev–Trinajstić information content (AvgIpc) is 3.38. The summed E-state index contributed by atoms with van der Waals surface area (Å²) in [6.07, 6.45) is -0.635. The van der Waals surface area contributed by atoms with E-state index in [0.29, 0.717) is 36.8 Å². The summed E-state index contributed by atoms with van der Waals surface area (Å²) < 4.78 is 77.3. The molecule has 1 aliphatic carbocycles. The van der Waals surface area contributed by atoms with Gasteiger partial charge in [-0.3, -0.25) is 9.11 Å². The highest BCUT2D eigenvalue weighted by molar-refractivity contribution is 7.84. The Balaban J connectivity index is 1.28. The predicted octanol–water partition coefficient (Wildman–Crippen LogP) is 4.50. The Kier molecular flexibility index (Phi) is 6.80. The van der Waals surface area contributed by atoms with E-state index >= 15 is 0 Å². The molecule has 6 unspecified atom stereocenters. The molecule has 6 atom stereocenters. The van der Waals surface area contributed by atoms with Crippen LogP contribution >= 0.6 is 0 Å². The molecule has 0 spiro atoms. The molecule has 0 radical (unpaired) electrons. The quantitative estimate of drug-likeness (QED) is 0.550. The van der Waals surface area contributed by atoms with Crippen molar-refractivity contribution >= 4 is 22.3 Å². The predicted molar refractivity (Wildman–Crippen MR) is 129 cm³/mol. The number of anilines is 1. The molecule has 3 aliphatic heterocycles. The van der Waals surface area contributed by atoms with E-state index in [0.717, 1.165) is 5.57 Å². The summed E-state index contributed by atoms with van der Waals surface area (Å²) in [5.41, 5.74) is 0.762. The van der Waals surface area contributed by atoms with Gasteiger partial charge in [-0.1, -0.05) is 13.8 Å². The summed E-state index contributed by atoms with van der Waals surface area (Å²) in [5.74, 6) is 0.0274. The molecule has 3 fully saturated rings. The molecule has 1 N–H and O–H groups in total. The first kappa shape index (κ1) is 25.8. The average molecular weight is 530 g/mol. The fourth-order valence-corrected chi connectivity index (χ4v) is 6.58. The van der Waals surface area contributed by atoms with E-state index in [1.165, 1.54) is 12.3 Å². The Bertz CT molecular complexity index is 1100. The lowest BCUT2D eigenvalue weighted by Gasteiger charge is -2.49.